The summed E-state index contributed by atoms with van der Waals surface area (Å²) >= 11 is 0. The van der Waals surface area contributed by atoms with Crippen LogP contribution in [0.4, 0.5) is 0 Å². The van der Waals surface area contributed by atoms with Gasteiger partial charge < -0.3 is 25.3 Å². The van der Waals surface area contributed by atoms with Crippen LogP contribution in [0.5, 0.6) is 0 Å². The first-order chi connectivity index (χ1) is 19.9. The first-order valence-electron chi connectivity index (χ1n) is 14.5. The number of carboxylic acids is 1. The molecule has 43 heavy (non-hydrogen) atoms. The fraction of sp³-hybridized carbons (Fsp3) is 0.382. The third-order valence-electron chi connectivity index (χ3n) is 8.40. The smallest absolute Gasteiger partial charge is 0.657 e. The molecule has 2 unspecified atom stereocenters. The van der Waals surface area contributed by atoms with Gasteiger partial charge in [0.25, 0.3) is 0 Å². The first-order valence-corrected chi connectivity index (χ1v) is 14.5. The second kappa shape index (κ2) is 12.6. The van der Waals surface area contributed by atoms with Crippen molar-refractivity contribution in [2.24, 2.45) is 0 Å². The number of hydrogen-bond donors (Lipinski definition) is 3. The zero-order valence-corrected chi connectivity index (χ0v) is 26.7. The molecule has 0 amide bonds. The number of carbonyl (C=O) groups is 1. The SMILES string of the molecule is CCCC1=C(C)c2cc3[n-]c(cc4nc(cc5[n-]c(cc1n2)c(CCC(=O)O)c5C)C(C(C)O)=C4C)c(C(C)O)c3C.[Co+2]. The fourth-order valence-corrected chi connectivity index (χ4v) is 6.17. The molecular formula is C34H38CoN4O4. The van der Waals surface area contributed by atoms with E-state index in [1.54, 1.807) is 13.8 Å². The van der Waals surface area contributed by atoms with Gasteiger partial charge in [0.15, 0.2) is 0 Å². The number of aryl methyl sites for hydroxylation is 3. The molecule has 2 atom stereocenters. The van der Waals surface area contributed by atoms with Gasteiger partial charge in [-0.25, -0.2) is 9.97 Å². The van der Waals surface area contributed by atoms with Crippen LogP contribution in [-0.2, 0) is 28.0 Å². The number of aromatic nitrogens is 4. The molecule has 0 aromatic carbocycles. The Hall–Kier alpha value is -3.50. The second-order valence-electron chi connectivity index (χ2n) is 11.4. The van der Waals surface area contributed by atoms with Gasteiger partial charge in [-0.3, -0.25) is 4.79 Å². The average molecular weight is 626 g/mol. The van der Waals surface area contributed by atoms with Gasteiger partial charge in [0.05, 0.1) is 35.0 Å². The third kappa shape index (κ3) is 5.99. The van der Waals surface area contributed by atoms with E-state index in [0.717, 1.165) is 68.7 Å². The summed E-state index contributed by atoms with van der Waals surface area (Å²) in [6, 6.07) is 7.69. The van der Waals surface area contributed by atoms with Crippen molar-refractivity contribution in [3.63, 3.8) is 0 Å². The minimum Gasteiger partial charge on any atom is -0.657 e. The summed E-state index contributed by atoms with van der Waals surface area (Å²) < 4.78 is 0. The zero-order valence-electron chi connectivity index (χ0n) is 25.7. The van der Waals surface area contributed by atoms with E-state index < -0.39 is 18.2 Å². The van der Waals surface area contributed by atoms with E-state index in [-0.39, 0.29) is 23.2 Å². The maximum absolute atomic E-state index is 11.5. The maximum Gasteiger partial charge on any atom is 2.00 e. The minimum absolute atomic E-state index is 0. The Morgan fingerprint density at radius 1 is 0.767 bits per heavy atom. The van der Waals surface area contributed by atoms with E-state index in [0.29, 0.717) is 39.9 Å². The summed E-state index contributed by atoms with van der Waals surface area (Å²) in [6.45, 7) is 13.5. The number of carboxylic acid groups (broad SMARTS) is 1. The molecule has 0 aliphatic carbocycles. The Kier molecular flexibility index (Phi) is 9.51. The molecule has 5 heterocycles. The van der Waals surface area contributed by atoms with Crippen molar-refractivity contribution >= 4 is 50.3 Å². The average Bonchev–Trinajstić information content (AvgIpc) is 3.57. The van der Waals surface area contributed by atoms with Crippen molar-refractivity contribution < 1.29 is 36.9 Å². The van der Waals surface area contributed by atoms with E-state index in [1.807, 2.05) is 45.0 Å². The van der Waals surface area contributed by atoms with Crippen molar-refractivity contribution in [1.82, 2.24) is 19.9 Å². The van der Waals surface area contributed by atoms with Crippen LogP contribution in [0.2, 0.25) is 0 Å². The molecule has 8 bridgehead atoms. The van der Waals surface area contributed by atoms with Gasteiger partial charge in [-0.05, 0) is 76.7 Å². The van der Waals surface area contributed by atoms with Gasteiger partial charge in [-0.2, -0.15) is 0 Å². The van der Waals surface area contributed by atoms with Crippen molar-refractivity contribution in [2.45, 2.75) is 86.4 Å². The van der Waals surface area contributed by atoms with E-state index in [9.17, 15) is 20.1 Å². The van der Waals surface area contributed by atoms with E-state index >= 15 is 0 Å². The van der Waals surface area contributed by atoms with E-state index in [4.69, 9.17) is 19.9 Å². The summed E-state index contributed by atoms with van der Waals surface area (Å²) in [6.07, 6.45) is 0.592. The first kappa shape index (κ1) is 32.4. The molecule has 0 fully saturated rings. The summed E-state index contributed by atoms with van der Waals surface area (Å²) in [5.74, 6) is -0.866. The Morgan fingerprint density at radius 2 is 1.33 bits per heavy atom. The van der Waals surface area contributed by atoms with Crippen LogP contribution >= 0.6 is 0 Å². The number of hydrogen-bond acceptors (Lipinski definition) is 5. The van der Waals surface area contributed by atoms with E-state index in [2.05, 4.69) is 13.8 Å². The van der Waals surface area contributed by atoms with Gasteiger partial charge in [0, 0.05) is 12.0 Å². The predicted octanol–water partition coefficient (Wildman–Crippen LogP) is 6.30. The molecule has 227 valence electrons. The van der Waals surface area contributed by atoms with Gasteiger partial charge in [-0.1, -0.05) is 54.3 Å². The number of aliphatic hydroxyl groups is 2. The number of nitrogens with zero attached hydrogens (tertiary/aromatic N) is 4. The monoisotopic (exact) mass is 625 g/mol. The summed E-state index contributed by atoms with van der Waals surface area (Å²) in [5, 5.41) is 31.0. The van der Waals surface area contributed by atoms with E-state index in [1.165, 1.54) is 0 Å². The topological polar surface area (TPSA) is 132 Å². The molecule has 1 radical (unpaired) electrons. The van der Waals surface area contributed by atoms with Gasteiger partial charge in [0.1, 0.15) is 0 Å². The zero-order chi connectivity index (χ0) is 30.5. The predicted molar refractivity (Wildman–Crippen MR) is 167 cm³/mol. The molecule has 0 saturated carbocycles. The molecule has 3 N–H and O–H groups in total. The summed E-state index contributed by atoms with van der Waals surface area (Å²) in [7, 11) is 0. The van der Waals surface area contributed by atoms with Crippen LogP contribution in [0.25, 0.3) is 44.4 Å². The van der Waals surface area contributed by atoms with Crippen molar-refractivity contribution in [1.29, 1.82) is 0 Å². The fourth-order valence-electron chi connectivity index (χ4n) is 6.17. The molecule has 2 aliphatic rings. The molecule has 3 aromatic rings. The molecular weight excluding hydrogens is 587 g/mol. The Balaban J connectivity index is 0.00000423. The second-order valence-corrected chi connectivity index (χ2v) is 11.4. The number of fused-ring (bicyclic) bond motifs is 8. The third-order valence-corrected chi connectivity index (χ3v) is 8.40. The number of aliphatic hydroxyl groups excluding tert-OH is 2. The Bertz CT molecular complexity index is 1830. The van der Waals surface area contributed by atoms with Crippen molar-refractivity contribution in [3.8, 4) is 0 Å². The molecule has 2 aliphatic heterocycles. The van der Waals surface area contributed by atoms with Crippen LogP contribution in [0.1, 0.15) is 105 Å². The normalized spacial score (nSPS) is 14.6. The van der Waals surface area contributed by atoms with Crippen molar-refractivity contribution in [2.75, 3.05) is 0 Å². The van der Waals surface area contributed by atoms with Crippen LogP contribution in [0.3, 0.4) is 0 Å². The van der Waals surface area contributed by atoms with Crippen LogP contribution in [-0.4, -0.2) is 37.4 Å². The Labute approximate surface area is 262 Å². The minimum atomic E-state index is -0.866. The number of allylic oxidation sites excluding steroid dienone is 3. The number of aliphatic carboxylic acids is 1. The Morgan fingerprint density at radius 3 is 1.95 bits per heavy atom. The van der Waals surface area contributed by atoms with Crippen LogP contribution < -0.4 is 9.97 Å². The summed E-state index contributed by atoms with van der Waals surface area (Å²) in [4.78, 5) is 31.4. The largest absolute Gasteiger partial charge is 2.00 e. The summed E-state index contributed by atoms with van der Waals surface area (Å²) in [5.41, 5.74) is 12.7. The van der Waals surface area contributed by atoms with Crippen molar-refractivity contribution in [3.05, 3.63) is 69.3 Å². The molecule has 0 saturated heterocycles. The standard InChI is InChI=1S/C34H39N4O4.Co/c1-8-9-22-16(2)24-12-26-18(4)33(20(6)39)31(37-26)14-27-19(5)34(21(7)40)30(38-27)13-25-17(3)23(10-11-32(41)42)29(36-25)15-28(22)35-24;/h12-15,20-21,39-40H,8-11H2,1-7H3,(H2-,35,36,37,38,41,42);/q-1;+2/p-1. The van der Waals surface area contributed by atoms with Gasteiger partial charge in [-0.15, -0.1) is 22.1 Å². The maximum atomic E-state index is 11.5. The molecule has 8 nitrogen and oxygen atoms in total. The van der Waals surface area contributed by atoms with Crippen LogP contribution in [0.15, 0.2) is 24.3 Å². The molecule has 9 heteroatoms. The van der Waals surface area contributed by atoms with Crippen LogP contribution in [0, 0.1) is 13.8 Å². The van der Waals surface area contributed by atoms with Gasteiger partial charge >= 0.3 is 22.7 Å². The molecule has 0 spiro atoms. The van der Waals surface area contributed by atoms with Gasteiger partial charge in [0.2, 0.25) is 0 Å². The quantitative estimate of drug-likeness (QED) is 0.279. The molecule has 3 aromatic heterocycles. The molecule has 5 rings (SSSR count). The number of rotatable bonds is 7.